The maximum Gasteiger partial charge on any atom is 0.248 e. The van der Waals surface area contributed by atoms with E-state index in [9.17, 15) is 9.59 Å². The smallest absolute Gasteiger partial charge is 0.248 e. The Bertz CT molecular complexity index is 1020. The highest BCUT2D eigenvalue weighted by molar-refractivity contribution is 7.10. The lowest BCUT2D eigenvalue weighted by Crippen LogP contribution is -2.46. The molecule has 0 unspecified atom stereocenters. The number of aryl methyl sites for hydroxylation is 2. The fraction of sp³-hybridized carbons (Fsp3) is 0.360. The molecule has 4 rings (SSSR count). The van der Waals surface area contributed by atoms with Crippen molar-refractivity contribution in [2.24, 2.45) is 0 Å². The van der Waals surface area contributed by atoms with Gasteiger partial charge >= 0.3 is 0 Å². The zero-order valence-electron chi connectivity index (χ0n) is 18.0. The minimum absolute atomic E-state index is 0.0591. The highest BCUT2D eigenvalue weighted by Gasteiger charge is 2.35. The third-order valence-electron chi connectivity index (χ3n) is 5.82. The van der Waals surface area contributed by atoms with Crippen molar-refractivity contribution in [2.75, 3.05) is 4.90 Å². The van der Waals surface area contributed by atoms with Gasteiger partial charge in [-0.2, -0.15) is 0 Å². The molecule has 0 aliphatic heterocycles. The van der Waals surface area contributed by atoms with Crippen molar-refractivity contribution in [1.82, 2.24) is 5.32 Å². The number of anilines is 1. The van der Waals surface area contributed by atoms with Crippen LogP contribution in [0, 0.1) is 13.8 Å². The van der Waals surface area contributed by atoms with Crippen molar-refractivity contribution >= 4 is 40.2 Å². The van der Waals surface area contributed by atoms with Crippen LogP contribution in [-0.4, -0.2) is 17.9 Å². The van der Waals surface area contributed by atoms with Crippen LogP contribution in [0.3, 0.4) is 0 Å². The van der Waals surface area contributed by atoms with Crippen molar-refractivity contribution in [3.63, 3.8) is 0 Å². The van der Waals surface area contributed by atoms with Gasteiger partial charge in [0.15, 0.2) is 0 Å². The van der Waals surface area contributed by atoms with Crippen LogP contribution in [-0.2, 0) is 16.0 Å². The summed E-state index contributed by atoms with van der Waals surface area (Å²) >= 11 is 3.09. The first-order chi connectivity index (χ1) is 15.0. The highest BCUT2D eigenvalue weighted by atomic mass is 32.1. The van der Waals surface area contributed by atoms with Crippen LogP contribution in [0.1, 0.15) is 52.6 Å². The van der Waals surface area contributed by atoms with E-state index in [2.05, 4.69) is 5.32 Å². The predicted molar refractivity (Wildman–Crippen MR) is 129 cm³/mol. The van der Waals surface area contributed by atoms with E-state index in [1.165, 1.54) is 11.3 Å². The molecule has 1 aromatic carbocycles. The van der Waals surface area contributed by atoms with Gasteiger partial charge < -0.3 is 5.32 Å². The molecule has 1 fully saturated rings. The minimum atomic E-state index is -0.673. The molecule has 0 bridgehead atoms. The average Bonchev–Trinajstić information content (AvgIpc) is 3.51. The fourth-order valence-corrected chi connectivity index (χ4v) is 5.72. The molecule has 1 N–H and O–H groups in total. The molecule has 0 spiro atoms. The number of hydrogen-bond acceptors (Lipinski definition) is 4. The van der Waals surface area contributed by atoms with E-state index < -0.39 is 6.04 Å². The summed E-state index contributed by atoms with van der Waals surface area (Å²) < 4.78 is 0. The molecule has 6 heteroatoms. The lowest BCUT2D eigenvalue weighted by Gasteiger charge is -2.32. The van der Waals surface area contributed by atoms with Gasteiger partial charge in [-0.1, -0.05) is 37.1 Å². The van der Waals surface area contributed by atoms with Gasteiger partial charge in [-0.05, 0) is 66.8 Å². The van der Waals surface area contributed by atoms with Gasteiger partial charge in [-0.25, -0.2) is 0 Å². The Morgan fingerprint density at radius 2 is 1.81 bits per heavy atom. The van der Waals surface area contributed by atoms with Crippen LogP contribution in [0.25, 0.3) is 0 Å². The van der Waals surface area contributed by atoms with E-state index in [0.29, 0.717) is 0 Å². The van der Waals surface area contributed by atoms with Gasteiger partial charge in [0.05, 0.1) is 6.42 Å². The van der Waals surface area contributed by atoms with Gasteiger partial charge in [0.1, 0.15) is 6.04 Å². The summed E-state index contributed by atoms with van der Waals surface area (Å²) in [5.41, 5.74) is 2.86. The summed E-state index contributed by atoms with van der Waals surface area (Å²) in [6, 6.07) is 13.4. The summed E-state index contributed by atoms with van der Waals surface area (Å²) in [5.74, 6) is -0.147. The molecule has 0 saturated heterocycles. The van der Waals surface area contributed by atoms with E-state index in [-0.39, 0.29) is 24.3 Å². The topological polar surface area (TPSA) is 49.4 Å². The maximum atomic E-state index is 13.7. The Balaban J connectivity index is 1.76. The lowest BCUT2D eigenvalue weighted by atomic mass is 10.0. The van der Waals surface area contributed by atoms with E-state index in [0.717, 1.165) is 52.3 Å². The van der Waals surface area contributed by atoms with E-state index in [1.54, 1.807) is 16.2 Å². The molecule has 162 valence electrons. The molecule has 31 heavy (non-hydrogen) atoms. The Kier molecular flexibility index (Phi) is 6.88. The largest absolute Gasteiger partial charge is 0.351 e. The average molecular weight is 453 g/mol. The molecule has 0 radical (unpaired) electrons. The number of carbonyl (C=O) groups is 2. The Morgan fingerprint density at radius 1 is 1.06 bits per heavy atom. The Hall–Kier alpha value is -2.44. The standard InChI is InChI=1S/C25H28N2O2S2/c1-17-11-12-18(2)21(15-17)27(23(28)16-20-9-5-13-30-20)24(22-10-6-14-31-22)25(29)26-19-7-3-4-8-19/h5-6,9-15,19,24H,3-4,7-8,16H2,1-2H3,(H,26,29)/t24-/m1/s1. The van der Waals surface area contributed by atoms with E-state index in [1.807, 2.05) is 67.1 Å². The van der Waals surface area contributed by atoms with Gasteiger partial charge in [0, 0.05) is 21.5 Å². The number of hydrogen-bond donors (Lipinski definition) is 1. The normalized spacial score (nSPS) is 15.0. The number of carbonyl (C=O) groups excluding carboxylic acids is 2. The molecular weight excluding hydrogens is 424 g/mol. The molecule has 1 atom stereocenters. The second kappa shape index (κ2) is 9.79. The monoisotopic (exact) mass is 452 g/mol. The first-order valence-electron chi connectivity index (χ1n) is 10.8. The van der Waals surface area contributed by atoms with E-state index >= 15 is 0 Å². The van der Waals surface area contributed by atoms with Crippen molar-refractivity contribution in [3.05, 3.63) is 74.1 Å². The highest BCUT2D eigenvalue weighted by Crippen LogP contribution is 2.34. The van der Waals surface area contributed by atoms with E-state index in [4.69, 9.17) is 0 Å². The predicted octanol–water partition coefficient (Wildman–Crippen LogP) is 5.80. The third-order valence-corrected chi connectivity index (χ3v) is 7.62. The van der Waals surface area contributed by atoms with Crippen molar-refractivity contribution in [3.8, 4) is 0 Å². The fourth-order valence-electron chi connectivity index (χ4n) is 4.21. The molecule has 2 amide bonds. The van der Waals surface area contributed by atoms with Gasteiger partial charge in [-0.3, -0.25) is 14.5 Å². The number of nitrogens with zero attached hydrogens (tertiary/aromatic N) is 1. The number of rotatable bonds is 7. The molecule has 2 aromatic heterocycles. The molecule has 1 saturated carbocycles. The van der Waals surface area contributed by atoms with Crippen molar-refractivity contribution in [1.29, 1.82) is 0 Å². The number of benzene rings is 1. The van der Waals surface area contributed by atoms with Crippen LogP contribution in [0.4, 0.5) is 5.69 Å². The van der Waals surface area contributed by atoms with Crippen LogP contribution >= 0.6 is 22.7 Å². The van der Waals surface area contributed by atoms with Gasteiger partial charge in [0.2, 0.25) is 11.8 Å². The molecule has 2 heterocycles. The Labute approximate surface area is 191 Å². The molecule has 1 aliphatic rings. The zero-order chi connectivity index (χ0) is 21.8. The first kappa shape index (κ1) is 21.8. The van der Waals surface area contributed by atoms with Crippen LogP contribution in [0.15, 0.2) is 53.2 Å². The van der Waals surface area contributed by atoms with Crippen LogP contribution in [0.2, 0.25) is 0 Å². The number of nitrogens with one attached hydrogen (secondary N) is 1. The third kappa shape index (κ3) is 5.08. The van der Waals surface area contributed by atoms with Crippen molar-refractivity contribution < 1.29 is 9.59 Å². The maximum absolute atomic E-state index is 13.7. The second-order valence-corrected chi connectivity index (χ2v) is 10.2. The summed E-state index contributed by atoms with van der Waals surface area (Å²) in [6.07, 6.45) is 4.59. The minimum Gasteiger partial charge on any atom is -0.351 e. The second-order valence-electron chi connectivity index (χ2n) is 8.22. The quantitative estimate of drug-likeness (QED) is 0.492. The SMILES string of the molecule is Cc1ccc(C)c(N(C(=O)Cc2cccs2)[C@@H](C(=O)NC2CCCC2)c2cccs2)c1. The summed E-state index contributed by atoms with van der Waals surface area (Å²) in [5, 5.41) is 7.19. The lowest BCUT2D eigenvalue weighted by molar-refractivity contribution is -0.126. The first-order valence-corrected chi connectivity index (χ1v) is 12.5. The molecule has 4 nitrogen and oxygen atoms in total. The summed E-state index contributed by atoms with van der Waals surface area (Å²) in [4.78, 5) is 31.0. The summed E-state index contributed by atoms with van der Waals surface area (Å²) in [7, 11) is 0. The molecule has 1 aliphatic carbocycles. The number of thiophene rings is 2. The Morgan fingerprint density at radius 3 is 2.48 bits per heavy atom. The molecule has 3 aromatic rings. The van der Waals surface area contributed by atoms with Crippen molar-refractivity contribution in [2.45, 2.75) is 58.0 Å². The zero-order valence-corrected chi connectivity index (χ0v) is 19.6. The van der Waals surface area contributed by atoms with Gasteiger partial charge in [-0.15, -0.1) is 22.7 Å². The van der Waals surface area contributed by atoms with Crippen LogP contribution < -0.4 is 10.2 Å². The van der Waals surface area contributed by atoms with Crippen LogP contribution in [0.5, 0.6) is 0 Å². The van der Waals surface area contributed by atoms with Gasteiger partial charge in [0.25, 0.3) is 0 Å². The molecular formula is C25H28N2O2S2. The number of amides is 2. The summed E-state index contributed by atoms with van der Waals surface area (Å²) in [6.45, 7) is 4.02.